The van der Waals surface area contributed by atoms with Crippen LogP contribution in [0, 0.1) is 0 Å². The summed E-state index contributed by atoms with van der Waals surface area (Å²) in [5.74, 6) is 0.521. The molecule has 0 spiro atoms. The number of carbonyl (C=O) groups is 2. The Hall–Kier alpha value is -2.22. The molecule has 1 saturated heterocycles. The fraction of sp³-hybridized carbons (Fsp3) is 0.529. The van der Waals surface area contributed by atoms with E-state index in [2.05, 4.69) is 16.9 Å². The van der Waals surface area contributed by atoms with Gasteiger partial charge in [0.15, 0.2) is 0 Å². The Morgan fingerprint density at radius 2 is 2.28 bits per heavy atom. The van der Waals surface area contributed by atoms with Crippen LogP contribution in [0.15, 0.2) is 17.8 Å². The van der Waals surface area contributed by atoms with Crippen molar-refractivity contribution in [2.24, 2.45) is 5.73 Å². The number of aromatic nitrogens is 3. The van der Waals surface area contributed by atoms with Crippen LogP contribution in [0.5, 0.6) is 0 Å². The van der Waals surface area contributed by atoms with Crippen molar-refractivity contribution in [3.05, 3.63) is 34.3 Å². The number of aryl methyl sites for hydroxylation is 1. The Morgan fingerprint density at radius 3 is 3.04 bits per heavy atom. The van der Waals surface area contributed by atoms with Crippen LogP contribution >= 0.6 is 11.3 Å². The Labute approximate surface area is 150 Å². The highest BCUT2D eigenvalue weighted by Gasteiger charge is 2.29. The number of primary amides is 1. The molecule has 0 aromatic carbocycles. The molecule has 7 nitrogen and oxygen atoms in total. The molecule has 1 aliphatic heterocycles. The number of nitrogens with two attached hydrogens (primary N) is 1. The molecule has 0 radical (unpaired) electrons. The number of hydrogen-bond donors (Lipinski definition) is 1. The van der Waals surface area contributed by atoms with E-state index in [0.717, 1.165) is 43.1 Å². The van der Waals surface area contributed by atoms with E-state index in [1.165, 1.54) is 0 Å². The summed E-state index contributed by atoms with van der Waals surface area (Å²) in [6.07, 6.45) is 7.22. The first-order valence-electron chi connectivity index (χ1n) is 8.61. The normalized spacial score (nSPS) is 17.6. The van der Waals surface area contributed by atoms with Gasteiger partial charge in [0.05, 0.1) is 5.01 Å². The number of hydrogen-bond acceptors (Lipinski definition) is 5. The largest absolute Gasteiger partial charge is 0.368 e. The summed E-state index contributed by atoms with van der Waals surface area (Å²) in [7, 11) is 0. The van der Waals surface area contributed by atoms with Crippen LogP contribution in [0.3, 0.4) is 0 Å². The minimum Gasteiger partial charge on any atom is -0.368 e. The van der Waals surface area contributed by atoms with Crippen molar-refractivity contribution in [3.63, 3.8) is 0 Å². The summed E-state index contributed by atoms with van der Waals surface area (Å²) >= 11 is 1.55. The first-order chi connectivity index (χ1) is 12.1. The van der Waals surface area contributed by atoms with Gasteiger partial charge in [-0.3, -0.25) is 9.59 Å². The lowest BCUT2D eigenvalue weighted by atomic mass is 9.97. The molecule has 1 unspecified atom stereocenters. The second-order valence-corrected chi connectivity index (χ2v) is 7.29. The second kappa shape index (κ2) is 7.77. The van der Waals surface area contributed by atoms with Crippen molar-refractivity contribution in [2.45, 2.75) is 45.1 Å². The highest BCUT2D eigenvalue weighted by Crippen LogP contribution is 2.27. The first-order valence-corrected chi connectivity index (χ1v) is 9.49. The van der Waals surface area contributed by atoms with Crippen molar-refractivity contribution in [1.82, 2.24) is 19.4 Å². The molecule has 2 N–H and O–H groups in total. The van der Waals surface area contributed by atoms with Crippen LogP contribution in [0.25, 0.3) is 0 Å². The van der Waals surface area contributed by atoms with Crippen molar-refractivity contribution >= 4 is 23.2 Å². The Morgan fingerprint density at radius 1 is 1.44 bits per heavy atom. The molecule has 8 heteroatoms. The molecule has 2 amide bonds. The highest BCUT2D eigenvalue weighted by atomic mass is 32.1. The van der Waals surface area contributed by atoms with Crippen LogP contribution < -0.4 is 5.73 Å². The van der Waals surface area contributed by atoms with Gasteiger partial charge in [-0.25, -0.2) is 9.97 Å². The molecule has 1 atom stereocenters. The maximum atomic E-state index is 12.8. The van der Waals surface area contributed by atoms with Gasteiger partial charge in [-0.05, 0) is 25.7 Å². The van der Waals surface area contributed by atoms with Gasteiger partial charge >= 0.3 is 0 Å². The van der Waals surface area contributed by atoms with E-state index >= 15 is 0 Å². The van der Waals surface area contributed by atoms with Crippen molar-refractivity contribution < 1.29 is 9.59 Å². The maximum Gasteiger partial charge on any atom is 0.273 e. The van der Waals surface area contributed by atoms with E-state index in [-0.39, 0.29) is 18.4 Å². The predicted octanol–water partition coefficient (Wildman–Crippen LogP) is 1.80. The van der Waals surface area contributed by atoms with Gasteiger partial charge < -0.3 is 15.2 Å². The van der Waals surface area contributed by atoms with Crippen LogP contribution in [0.4, 0.5) is 0 Å². The molecule has 25 heavy (non-hydrogen) atoms. The van der Waals surface area contributed by atoms with E-state index in [1.54, 1.807) is 28.3 Å². The summed E-state index contributed by atoms with van der Waals surface area (Å²) in [6, 6.07) is 0. The zero-order valence-corrected chi connectivity index (χ0v) is 15.2. The fourth-order valence-electron chi connectivity index (χ4n) is 3.25. The number of nitrogens with zero attached hydrogens (tertiary/aromatic N) is 4. The topological polar surface area (TPSA) is 94.1 Å². The van der Waals surface area contributed by atoms with Gasteiger partial charge in [0, 0.05) is 36.8 Å². The maximum absolute atomic E-state index is 12.8. The van der Waals surface area contributed by atoms with E-state index in [4.69, 9.17) is 5.73 Å². The predicted molar refractivity (Wildman–Crippen MR) is 95.4 cm³/mol. The SMILES string of the molecule is CCCc1nc(C(=O)N2CCCC(c3nccn3CC(N)=O)C2)cs1. The van der Waals surface area contributed by atoms with Crippen molar-refractivity contribution in [2.75, 3.05) is 13.1 Å². The zero-order valence-electron chi connectivity index (χ0n) is 14.4. The lowest BCUT2D eigenvalue weighted by molar-refractivity contribution is -0.118. The molecule has 1 aliphatic rings. The van der Waals surface area contributed by atoms with E-state index in [9.17, 15) is 9.59 Å². The van der Waals surface area contributed by atoms with Crippen molar-refractivity contribution in [3.8, 4) is 0 Å². The third-order valence-electron chi connectivity index (χ3n) is 4.38. The number of rotatable bonds is 6. The van der Waals surface area contributed by atoms with Crippen LogP contribution in [-0.4, -0.2) is 44.3 Å². The lowest BCUT2D eigenvalue weighted by Gasteiger charge is -2.32. The average molecular weight is 361 g/mol. The monoisotopic (exact) mass is 361 g/mol. The molecule has 3 heterocycles. The smallest absolute Gasteiger partial charge is 0.273 e. The summed E-state index contributed by atoms with van der Waals surface area (Å²) < 4.78 is 1.78. The second-order valence-electron chi connectivity index (χ2n) is 6.35. The Kier molecular flexibility index (Phi) is 5.47. The molecule has 2 aromatic rings. The zero-order chi connectivity index (χ0) is 17.8. The Bertz CT molecular complexity index is 754. The molecule has 0 aliphatic carbocycles. The summed E-state index contributed by atoms with van der Waals surface area (Å²) in [4.78, 5) is 34.7. The van der Waals surface area contributed by atoms with Gasteiger partial charge in [-0.2, -0.15) is 0 Å². The van der Waals surface area contributed by atoms with E-state index in [0.29, 0.717) is 12.2 Å². The molecular formula is C17H23N5O2S. The lowest BCUT2D eigenvalue weighted by Crippen LogP contribution is -2.40. The van der Waals surface area contributed by atoms with Gasteiger partial charge in [0.1, 0.15) is 18.1 Å². The molecule has 134 valence electrons. The van der Waals surface area contributed by atoms with Crippen molar-refractivity contribution in [1.29, 1.82) is 0 Å². The van der Waals surface area contributed by atoms with Crippen LogP contribution in [-0.2, 0) is 17.8 Å². The molecule has 3 rings (SSSR count). The molecule has 0 bridgehead atoms. The first kappa shape index (κ1) is 17.6. The average Bonchev–Trinajstić information content (AvgIpc) is 3.24. The minimum absolute atomic E-state index is 0.0173. The van der Waals surface area contributed by atoms with Crippen LogP contribution in [0.2, 0.25) is 0 Å². The number of imidazole rings is 1. The molecule has 2 aromatic heterocycles. The summed E-state index contributed by atoms with van der Waals surface area (Å²) in [5.41, 5.74) is 5.84. The van der Waals surface area contributed by atoms with E-state index < -0.39 is 5.91 Å². The standard InChI is InChI=1S/C17H23N5O2S/c1-2-4-15-20-13(11-25-15)17(24)22-7-3-5-12(9-22)16-19-6-8-21(16)10-14(18)23/h6,8,11-12H,2-5,7,9-10H2,1H3,(H2,18,23). The third kappa shape index (κ3) is 4.07. The summed E-state index contributed by atoms with van der Waals surface area (Å²) in [5, 5.41) is 2.86. The van der Waals surface area contributed by atoms with Crippen LogP contribution in [0.1, 0.15) is 53.4 Å². The minimum atomic E-state index is -0.395. The van der Waals surface area contributed by atoms with E-state index in [1.807, 2.05) is 10.3 Å². The molecule has 0 saturated carbocycles. The number of piperidine rings is 1. The Balaban J connectivity index is 1.71. The van der Waals surface area contributed by atoms with Gasteiger partial charge in [-0.1, -0.05) is 6.92 Å². The van der Waals surface area contributed by atoms with Gasteiger partial charge in [-0.15, -0.1) is 11.3 Å². The third-order valence-corrected chi connectivity index (χ3v) is 5.29. The number of amides is 2. The number of carbonyl (C=O) groups excluding carboxylic acids is 2. The molecule has 1 fully saturated rings. The molecular weight excluding hydrogens is 338 g/mol. The fourth-order valence-corrected chi connectivity index (χ4v) is 4.13. The number of thiazole rings is 1. The summed E-state index contributed by atoms with van der Waals surface area (Å²) in [6.45, 7) is 3.54. The van der Waals surface area contributed by atoms with Gasteiger partial charge in [0.2, 0.25) is 5.91 Å². The van der Waals surface area contributed by atoms with Gasteiger partial charge in [0.25, 0.3) is 5.91 Å². The highest BCUT2D eigenvalue weighted by molar-refractivity contribution is 7.09. The number of likely N-dealkylation sites (tertiary alicyclic amines) is 1. The quantitative estimate of drug-likeness (QED) is 0.849.